The molecule has 0 saturated heterocycles. The highest BCUT2D eigenvalue weighted by molar-refractivity contribution is 4.69. The van der Waals surface area contributed by atoms with E-state index in [-0.39, 0.29) is 0 Å². The van der Waals surface area contributed by atoms with Crippen LogP contribution in [0.2, 0.25) is 0 Å². The van der Waals surface area contributed by atoms with E-state index in [1.807, 2.05) is 12.2 Å². The van der Waals surface area contributed by atoms with E-state index in [0.29, 0.717) is 0 Å². The van der Waals surface area contributed by atoms with Crippen LogP contribution in [0, 0.1) is 0 Å². The fraction of sp³-hybridized carbons (Fsp3) is 0.778. The van der Waals surface area contributed by atoms with Crippen molar-refractivity contribution >= 4 is 0 Å². The van der Waals surface area contributed by atoms with Crippen molar-refractivity contribution in [1.29, 1.82) is 0 Å². The van der Waals surface area contributed by atoms with Gasteiger partial charge < -0.3 is 10.6 Å². The highest BCUT2D eigenvalue weighted by Crippen LogP contribution is 2.10. The molecule has 0 aromatic carbocycles. The first-order valence-electron chi connectivity index (χ1n) is 8.55. The lowest BCUT2D eigenvalue weighted by Crippen LogP contribution is -2.14. The first-order chi connectivity index (χ1) is 9.91. The summed E-state index contributed by atoms with van der Waals surface area (Å²) < 4.78 is 0. The Labute approximate surface area is 127 Å². The molecule has 20 heavy (non-hydrogen) atoms. The summed E-state index contributed by atoms with van der Waals surface area (Å²) in [6.45, 7) is 11.6. The molecule has 0 bridgehead atoms. The Kier molecular flexibility index (Phi) is 17.8. The smallest absolute Gasteiger partial charge is 0.0132 e. The third-order valence-electron chi connectivity index (χ3n) is 3.53. The summed E-state index contributed by atoms with van der Waals surface area (Å²) in [5.74, 6) is 0. The van der Waals surface area contributed by atoms with Crippen LogP contribution < -0.4 is 10.6 Å². The number of rotatable bonds is 17. The first kappa shape index (κ1) is 19.4. The largest absolute Gasteiger partial charge is 0.313 e. The minimum atomic E-state index is 0.948. The SMILES string of the molecule is C=CCNCCCCCCCCCCCCNCC=C. The van der Waals surface area contributed by atoms with Gasteiger partial charge in [0.15, 0.2) is 0 Å². The zero-order chi connectivity index (χ0) is 14.7. The molecule has 0 aliphatic heterocycles. The van der Waals surface area contributed by atoms with Crippen molar-refractivity contribution in [2.24, 2.45) is 0 Å². The molecule has 0 aromatic rings. The second kappa shape index (κ2) is 18.4. The fourth-order valence-corrected chi connectivity index (χ4v) is 2.32. The van der Waals surface area contributed by atoms with E-state index >= 15 is 0 Å². The number of nitrogens with one attached hydrogen (secondary N) is 2. The van der Waals surface area contributed by atoms with Crippen LogP contribution in [0.4, 0.5) is 0 Å². The predicted molar refractivity (Wildman–Crippen MR) is 92.3 cm³/mol. The molecule has 2 N–H and O–H groups in total. The average molecular weight is 280 g/mol. The Morgan fingerprint density at radius 3 is 1.10 bits per heavy atom. The fourth-order valence-electron chi connectivity index (χ4n) is 2.32. The molecule has 118 valence electrons. The van der Waals surface area contributed by atoms with Crippen molar-refractivity contribution in [3.05, 3.63) is 25.3 Å². The molecule has 0 aromatic heterocycles. The Morgan fingerprint density at radius 2 is 0.800 bits per heavy atom. The molecule has 2 heteroatoms. The van der Waals surface area contributed by atoms with E-state index in [0.717, 1.165) is 26.2 Å². The van der Waals surface area contributed by atoms with Gasteiger partial charge in [-0.3, -0.25) is 0 Å². The molecule has 0 atom stereocenters. The summed E-state index contributed by atoms with van der Waals surface area (Å²) >= 11 is 0. The van der Waals surface area contributed by atoms with Gasteiger partial charge in [0.1, 0.15) is 0 Å². The van der Waals surface area contributed by atoms with Crippen LogP contribution in [-0.2, 0) is 0 Å². The van der Waals surface area contributed by atoms with E-state index in [1.165, 1.54) is 64.2 Å². The third-order valence-corrected chi connectivity index (χ3v) is 3.53. The zero-order valence-electron chi connectivity index (χ0n) is 13.5. The first-order valence-corrected chi connectivity index (χ1v) is 8.55. The number of hydrogen-bond acceptors (Lipinski definition) is 2. The summed E-state index contributed by atoms with van der Waals surface area (Å²) in [4.78, 5) is 0. The van der Waals surface area contributed by atoms with Crippen molar-refractivity contribution in [2.45, 2.75) is 64.2 Å². The molecular weight excluding hydrogens is 244 g/mol. The summed E-state index contributed by atoms with van der Waals surface area (Å²) in [6.07, 6.45) is 17.7. The average Bonchev–Trinajstić information content (AvgIpc) is 2.47. The minimum Gasteiger partial charge on any atom is -0.313 e. The van der Waals surface area contributed by atoms with Gasteiger partial charge in [0.2, 0.25) is 0 Å². The molecule has 0 rings (SSSR count). The van der Waals surface area contributed by atoms with E-state index in [1.54, 1.807) is 0 Å². The van der Waals surface area contributed by atoms with E-state index in [9.17, 15) is 0 Å². The molecule has 0 aliphatic carbocycles. The molecule has 2 nitrogen and oxygen atoms in total. The Morgan fingerprint density at radius 1 is 0.500 bits per heavy atom. The van der Waals surface area contributed by atoms with E-state index in [2.05, 4.69) is 23.8 Å². The molecule has 0 spiro atoms. The molecule has 0 radical (unpaired) electrons. The number of hydrogen-bond donors (Lipinski definition) is 2. The van der Waals surface area contributed by atoms with Crippen LogP contribution in [0.5, 0.6) is 0 Å². The highest BCUT2D eigenvalue weighted by atomic mass is 14.8. The monoisotopic (exact) mass is 280 g/mol. The van der Waals surface area contributed by atoms with Crippen LogP contribution in [0.1, 0.15) is 64.2 Å². The van der Waals surface area contributed by atoms with Gasteiger partial charge >= 0.3 is 0 Å². The van der Waals surface area contributed by atoms with Crippen molar-refractivity contribution in [1.82, 2.24) is 10.6 Å². The second-order valence-electron chi connectivity index (χ2n) is 5.52. The number of unbranched alkanes of at least 4 members (excludes halogenated alkanes) is 9. The topological polar surface area (TPSA) is 24.1 Å². The quantitative estimate of drug-likeness (QED) is 0.304. The second-order valence-corrected chi connectivity index (χ2v) is 5.52. The highest BCUT2D eigenvalue weighted by Gasteiger charge is 1.93. The summed E-state index contributed by atoms with van der Waals surface area (Å²) in [5.41, 5.74) is 0. The molecule has 0 heterocycles. The standard InChI is InChI=1S/C18H36N2/c1-3-15-19-17-13-11-9-7-5-6-8-10-12-14-18-20-16-4-2/h3-4,19-20H,1-2,5-18H2. The molecular formula is C18H36N2. The third kappa shape index (κ3) is 17.4. The molecule has 0 fully saturated rings. The summed E-state index contributed by atoms with van der Waals surface area (Å²) in [5, 5.41) is 6.70. The van der Waals surface area contributed by atoms with Crippen LogP contribution >= 0.6 is 0 Å². The Hall–Kier alpha value is -0.600. The minimum absolute atomic E-state index is 0.948. The lowest BCUT2D eigenvalue weighted by molar-refractivity contribution is 0.540. The predicted octanol–water partition coefficient (Wildman–Crippen LogP) is 4.44. The van der Waals surface area contributed by atoms with Gasteiger partial charge in [0.25, 0.3) is 0 Å². The van der Waals surface area contributed by atoms with Crippen molar-refractivity contribution in [3.8, 4) is 0 Å². The maximum absolute atomic E-state index is 3.70. The van der Waals surface area contributed by atoms with Crippen LogP contribution in [-0.4, -0.2) is 26.2 Å². The Bertz CT molecular complexity index is 180. The van der Waals surface area contributed by atoms with Gasteiger partial charge in [0, 0.05) is 13.1 Å². The maximum atomic E-state index is 3.70. The molecule has 0 unspecified atom stereocenters. The van der Waals surface area contributed by atoms with Gasteiger partial charge in [-0.2, -0.15) is 0 Å². The van der Waals surface area contributed by atoms with Crippen molar-refractivity contribution in [2.75, 3.05) is 26.2 Å². The lowest BCUT2D eigenvalue weighted by Gasteiger charge is -2.04. The van der Waals surface area contributed by atoms with Gasteiger partial charge in [0.05, 0.1) is 0 Å². The zero-order valence-corrected chi connectivity index (χ0v) is 13.5. The summed E-state index contributed by atoms with van der Waals surface area (Å²) in [6, 6.07) is 0. The van der Waals surface area contributed by atoms with E-state index < -0.39 is 0 Å². The Balaban J connectivity index is 2.92. The molecule has 0 amide bonds. The van der Waals surface area contributed by atoms with Crippen molar-refractivity contribution < 1.29 is 0 Å². The van der Waals surface area contributed by atoms with Crippen LogP contribution in [0.25, 0.3) is 0 Å². The van der Waals surface area contributed by atoms with Crippen LogP contribution in [0.15, 0.2) is 25.3 Å². The van der Waals surface area contributed by atoms with Gasteiger partial charge in [-0.05, 0) is 25.9 Å². The molecule has 0 saturated carbocycles. The van der Waals surface area contributed by atoms with Crippen molar-refractivity contribution in [3.63, 3.8) is 0 Å². The van der Waals surface area contributed by atoms with Gasteiger partial charge in [-0.1, -0.05) is 63.5 Å². The lowest BCUT2D eigenvalue weighted by atomic mass is 10.1. The normalized spacial score (nSPS) is 10.6. The maximum Gasteiger partial charge on any atom is 0.0132 e. The van der Waals surface area contributed by atoms with Gasteiger partial charge in [-0.15, -0.1) is 13.2 Å². The summed E-state index contributed by atoms with van der Waals surface area (Å²) in [7, 11) is 0. The molecule has 0 aliphatic rings. The van der Waals surface area contributed by atoms with E-state index in [4.69, 9.17) is 0 Å². The van der Waals surface area contributed by atoms with Gasteiger partial charge in [-0.25, -0.2) is 0 Å². The van der Waals surface area contributed by atoms with Crippen LogP contribution in [0.3, 0.4) is 0 Å².